The Balaban J connectivity index is 2.53. The quantitative estimate of drug-likeness (QED) is 0.714. The van der Waals surface area contributed by atoms with Crippen LogP contribution in [0.2, 0.25) is 0 Å². The van der Waals surface area contributed by atoms with Crippen LogP contribution in [0.1, 0.15) is 32.6 Å². The normalized spacial score (nSPS) is 18.4. The van der Waals surface area contributed by atoms with Crippen LogP contribution < -0.4 is 5.32 Å². The van der Waals surface area contributed by atoms with E-state index in [4.69, 9.17) is 0 Å². The first-order chi connectivity index (χ1) is 6.25. The van der Waals surface area contributed by atoms with E-state index in [1.807, 2.05) is 6.92 Å². The third-order valence-corrected chi connectivity index (χ3v) is 2.13. The third-order valence-electron chi connectivity index (χ3n) is 2.13. The van der Waals surface area contributed by atoms with Gasteiger partial charge in [-0.05, 0) is 12.8 Å². The van der Waals surface area contributed by atoms with Crippen LogP contribution in [0.5, 0.6) is 0 Å². The second-order valence-electron chi connectivity index (χ2n) is 3.23. The van der Waals surface area contributed by atoms with Crippen molar-refractivity contribution in [1.82, 2.24) is 10.2 Å². The summed E-state index contributed by atoms with van der Waals surface area (Å²) in [6, 6.07) is -0.226. The highest BCUT2D eigenvalue weighted by atomic mass is 16.2. The predicted octanol–water partition coefficient (Wildman–Crippen LogP) is 1.12. The van der Waals surface area contributed by atoms with Crippen LogP contribution in [-0.4, -0.2) is 29.9 Å². The van der Waals surface area contributed by atoms with Gasteiger partial charge in [0.25, 0.3) is 0 Å². The Bertz CT molecular complexity index is 186. The number of carbonyl (C=O) groups excluding carboxylic acids is 2. The molecular weight excluding hydrogens is 168 g/mol. The summed E-state index contributed by atoms with van der Waals surface area (Å²) < 4.78 is 0. The minimum absolute atomic E-state index is 0.0385. The van der Waals surface area contributed by atoms with Crippen LogP contribution in [-0.2, 0) is 4.79 Å². The molecular formula is C9H16N2O2. The fourth-order valence-electron chi connectivity index (χ4n) is 1.32. The van der Waals surface area contributed by atoms with E-state index >= 15 is 0 Å². The average Bonchev–Trinajstić information content (AvgIpc) is 2.26. The van der Waals surface area contributed by atoms with Gasteiger partial charge >= 0.3 is 6.03 Å². The van der Waals surface area contributed by atoms with E-state index in [-0.39, 0.29) is 11.9 Å². The number of nitrogens with one attached hydrogen (secondary N) is 1. The molecule has 74 valence electrons. The van der Waals surface area contributed by atoms with Crippen molar-refractivity contribution in [3.05, 3.63) is 0 Å². The summed E-state index contributed by atoms with van der Waals surface area (Å²) in [7, 11) is 0. The number of imide groups is 1. The van der Waals surface area contributed by atoms with E-state index in [1.165, 1.54) is 4.90 Å². The summed E-state index contributed by atoms with van der Waals surface area (Å²) in [6.07, 6.45) is 3.13. The van der Waals surface area contributed by atoms with Gasteiger partial charge in [-0.25, -0.2) is 4.79 Å². The van der Waals surface area contributed by atoms with Crippen LogP contribution in [0.3, 0.4) is 0 Å². The maximum absolute atomic E-state index is 11.4. The van der Waals surface area contributed by atoms with E-state index in [0.29, 0.717) is 19.5 Å². The number of nitrogens with zero attached hydrogens (tertiary/aromatic N) is 1. The molecule has 0 aromatic rings. The van der Waals surface area contributed by atoms with Gasteiger partial charge in [-0.2, -0.15) is 0 Å². The van der Waals surface area contributed by atoms with Crippen molar-refractivity contribution in [1.29, 1.82) is 0 Å². The molecule has 0 radical (unpaired) electrons. The molecule has 0 saturated carbocycles. The van der Waals surface area contributed by atoms with Crippen LogP contribution in [0, 0.1) is 0 Å². The zero-order valence-corrected chi connectivity index (χ0v) is 8.01. The number of hydrogen-bond donors (Lipinski definition) is 1. The van der Waals surface area contributed by atoms with Crippen LogP contribution in [0.15, 0.2) is 0 Å². The lowest BCUT2D eigenvalue weighted by Gasteiger charge is -2.17. The molecule has 0 unspecified atom stereocenters. The zero-order chi connectivity index (χ0) is 9.68. The molecule has 1 N–H and O–H groups in total. The van der Waals surface area contributed by atoms with Gasteiger partial charge in [-0.15, -0.1) is 0 Å². The molecule has 0 bridgehead atoms. The number of urea groups is 1. The Morgan fingerprint density at radius 1 is 1.46 bits per heavy atom. The van der Waals surface area contributed by atoms with E-state index in [9.17, 15) is 9.59 Å². The second-order valence-corrected chi connectivity index (χ2v) is 3.23. The first-order valence-electron chi connectivity index (χ1n) is 4.84. The Hall–Kier alpha value is -1.06. The van der Waals surface area contributed by atoms with Crippen molar-refractivity contribution < 1.29 is 9.59 Å². The van der Waals surface area contributed by atoms with E-state index in [0.717, 1.165) is 19.3 Å². The number of unbranched alkanes of at least 4 members (excludes halogenated alkanes) is 1. The summed E-state index contributed by atoms with van der Waals surface area (Å²) >= 11 is 0. The molecule has 0 aromatic carbocycles. The lowest BCUT2D eigenvalue weighted by atomic mass is 10.2. The molecule has 1 saturated heterocycles. The number of hydrogen-bond acceptors (Lipinski definition) is 2. The fraction of sp³-hybridized carbons (Fsp3) is 0.778. The number of rotatable bonds is 3. The first-order valence-corrected chi connectivity index (χ1v) is 4.84. The predicted molar refractivity (Wildman–Crippen MR) is 49.3 cm³/mol. The zero-order valence-electron chi connectivity index (χ0n) is 8.01. The van der Waals surface area contributed by atoms with Crippen molar-refractivity contribution in [3.8, 4) is 0 Å². The standard InChI is InChI=1S/C9H16N2O2/c1-2-3-7-11-8(12)5-4-6-10-9(11)13/h2-7H2,1H3,(H,10,13). The van der Waals surface area contributed by atoms with E-state index < -0.39 is 0 Å². The molecule has 1 fully saturated rings. The van der Waals surface area contributed by atoms with Gasteiger partial charge in [0.15, 0.2) is 0 Å². The van der Waals surface area contributed by atoms with Crippen molar-refractivity contribution in [2.24, 2.45) is 0 Å². The molecule has 0 aromatic heterocycles. The van der Waals surface area contributed by atoms with Gasteiger partial charge in [0, 0.05) is 19.5 Å². The van der Waals surface area contributed by atoms with Crippen LogP contribution in [0.25, 0.3) is 0 Å². The van der Waals surface area contributed by atoms with Crippen molar-refractivity contribution in [2.75, 3.05) is 13.1 Å². The summed E-state index contributed by atoms with van der Waals surface area (Å²) in [5.74, 6) is -0.0385. The Morgan fingerprint density at radius 3 is 2.92 bits per heavy atom. The Labute approximate surface area is 78.3 Å². The third kappa shape index (κ3) is 2.72. The molecule has 13 heavy (non-hydrogen) atoms. The Kier molecular flexibility index (Phi) is 3.73. The molecule has 1 aliphatic heterocycles. The summed E-state index contributed by atoms with van der Waals surface area (Å²) in [5.41, 5.74) is 0. The van der Waals surface area contributed by atoms with Gasteiger partial charge in [-0.3, -0.25) is 9.69 Å². The second kappa shape index (κ2) is 4.84. The molecule has 4 nitrogen and oxygen atoms in total. The minimum atomic E-state index is -0.226. The summed E-state index contributed by atoms with van der Waals surface area (Å²) in [5, 5.41) is 2.70. The molecule has 1 heterocycles. The molecule has 0 aliphatic carbocycles. The maximum Gasteiger partial charge on any atom is 0.324 e. The lowest BCUT2D eigenvalue weighted by molar-refractivity contribution is -0.127. The number of amides is 3. The van der Waals surface area contributed by atoms with Crippen molar-refractivity contribution in [2.45, 2.75) is 32.6 Å². The van der Waals surface area contributed by atoms with Gasteiger partial charge < -0.3 is 5.32 Å². The largest absolute Gasteiger partial charge is 0.338 e. The highest BCUT2D eigenvalue weighted by molar-refractivity contribution is 5.95. The topological polar surface area (TPSA) is 49.4 Å². The monoisotopic (exact) mass is 184 g/mol. The summed E-state index contributed by atoms with van der Waals surface area (Å²) in [4.78, 5) is 24.1. The highest BCUT2D eigenvalue weighted by Crippen LogP contribution is 2.04. The highest BCUT2D eigenvalue weighted by Gasteiger charge is 2.22. The van der Waals surface area contributed by atoms with Gasteiger partial charge in [0.1, 0.15) is 0 Å². The van der Waals surface area contributed by atoms with Gasteiger partial charge in [0.05, 0.1) is 0 Å². The SMILES string of the molecule is CCCCN1C(=O)CCCNC1=O. The van der Waals surface area contributed by atoms with Gasteiger partial charge in [0.2, 0.25) is 5.91 Å². The molecule has 4 heteroatoms. The van der Waals surface area contributed by atoms with Gasteiger partial charge in [-0.1, -0.05) is 13.3 Å². The molecule has 0 spiro atoms. The van der Waals surface area contributed by atoms with Crippen molar-refractivity contribution >= 4 is 11.9 Å². The molecule has 1 aliphatic rings. The first kappa shape index (κ1) is 10.0. The number of carbonyl (C=O) groups is 2. The smallest absolute Gasteiger partial charge is 0.324 e. The summed E-state index contributed by atoms with van der Waals surface area (Å²) in [6.45, 7) is 3.22. The van der Waals surface area contributed by atoms with Crippen molar-refractivity contribution in [3.63, 3.8) is 0 Å². The minimum Gasteiger partial charge on any atom is -0.338 e. The molecule has 0 atom stereocenters. The lowest BCUT2D eigenvalue weighted by Crippen LogP contribution is -2.41. The molecule has 3 amide bonds. The Morgan fingerprint density at radius 2 is 2.23 bits per heavy atom. The van der Waals surface area contributed by atoms with E-state index in [1.54, 1.807) is 0 Å². The van der Waals surface area contributed by atoms with Crippen LogP contribution in [0.4, 0.5) is 4.79 Å². The fourth-order valence-corrected chi connectivity index (χ4v) is 1.32. The molecule has 1 rings (SSSR count). The maximum atomic E-state index is 11.4. The average molecular weight is 184 g/mol. The van der Waals surface area contributed by atoms with E-state index in [2.05, 4.69) is 5.32 Å². The van der Waals surface area contributed by atoms with Crippen LogP contribution >= 0.6 is 0 Å².